The highest BCUT2D eigenvalue weighted by atomic mass is 32.2. The predicted octanol–water partition coefficient (Wildman–Crippen LogP) is 0.542. The van der Waals surface area contributed by atoms with E-state index in [0.29, 0.717) is 13.1 Å². The first-order valence-corrected chi connectivity index (χ1v) is 6.54. The summed E-state index contributed by atoms with van der Waals surface area (Å²) < 4.78 is 15.7. The minimum atomic E-state index is -0.830. The lowest BCUT2D eigenvalue weighted by atomic mass is 9.94. The normalized spacial score (nSPS) is 15.8. The average molecular weight is 235 g/mol. The maximum atomic E-state index is 11.3. The fourth-order valence-electron chi connectivity index (χ4n) is 1.05. The zero-order valence-electron chi connectivity index (χ0n) is 10.1. The molecule has 0 radical (unpaired) electrons. The molecular weight excluding hydrogens is 214 g/mol. The van der Waals surface area contributed by atoms with Crippen LogP contribution in [0.4, 0.5) is 0 Å². The van der Waals surface area contributed by atoms with Crippen molar-refractivity contribution in [3.63, 3.8) is 0 Å². The minimum Gasteiger partial charge on any atom is -0.469 e. The Labute approximate surface area is 94.2 Å². The molecule has 0 aliphatic rings. The molecule has 0 fully saturated rings. The fourth-order valence-corrected chi connectivity index (χ4v) is 1.41. The molecule has 2 atom stereocenters. The Morgan fingerprint density at radius 1 is 1.53 bits per heavy atom. The first-order valence-electron chi connectivity index (χ1n) is 4.92. The molecule has 0 amide bonds. The van der Waals surface area contributed by atoms with Gasteiger partial charge in [0.15, 0.2) is 0 Å². The van der Waals surface area contributed by atoms with Gasteiger partial charge in [-0.1, -0.05) is 0 Å². The van der Waals surface area contributed by atoms with E-state index in [1.165, 1.54) is 7.11 Å². The summed E-state index contributed by atoms with van der Waals surface area (Å²) in [6.45, 7) is 6.72. The summed E-state index contributed by atoms with van der Waals surface area (Å²) >= 11 is 0. The van der Waals surface area contributed by atoms with Crippen LogP contribution in [0.2, 0.25) is 0 Å². The van der Waals surface area contributed by atoms with Crippen molar-refractivity contribution in [3.8, 4) is 0 Å². The first-order chi connectivity index (χ1) is 6.81. The molecule has 0 saturated heterocycles. The Balaban J connectivity index is 3.95. The van der Waals surface area contributed by atoms with E-state index in [0.717, 1.165) is 0 Å². The maximum Gasteiger partial charge on any atom is 0.312 e. The number of hydrogen-bond acceptors (Lipinski definition) is 4. The maximum absolute atomic E-state index is 11.3. The molecule has 0 aromatic rings. The average Bonchev–Trinajstić information content (AvgIpc) is 2.15. The second-order valence-electron chi connectivity index (χ2n) is 4.32. The zero-order chi connectivity index (χ0) is 12.1. The molecule has 15 heavy (non-hydrogen) atoms. The van der Waals surface area contributed by atoms with Gasteiger partial charge in [-0.15, -0.1) is 0 Å². The van der Waals surface area contributed by atoms with Crippen molar-refractivity contribution in [1.82, 2.24) is 5.32 Å². The molecule has 0 aliphatic carbocycles. The van der Waals surface area contributed by atoms with E-state index in [2.05, 4.69) is 10.1 Å². The highest BCUT2D eigenvalue weighted by molar-refractivity contribution is 7.84. The molecule has 5 heteroatoms. The van der Waals surface area contributed by atoms with Gasteiger partial charge in [0.25, 0.3) is 0 Å². The SMILES string of the molecule is COC(=O)C(C)(C)CNCC(C)S(C)=O. The van der Waals surface area contributed by atoms with Gasteiger partial charge >= 0.3 is 5.97 Å². The quantitative estimate of drug-likeness (QED) is 0.683. The molecule has 90 valence electrons. The lowest BCUT2D eigenvalue weighted by Crippen LogP contribution is -2.39. The van der Waals surface area contributed by atoms with E-state index in [9.17, 15) is 9.00 Å². The van der Waals surface area contributed by atoms with Crippen molar-refractivity contribution in [3.05, 3.63) is 0 Å². The lowest BCUT2D eigenvalue weighted by molar-refractivity contribution is -0.150. The van der Waals surface area contributed by atoms with E-state index in [1.54, 1.807) is 6.26 Å². The Hall–Kier alpha value is -0.420. The number of esters is 1. The Morgan fingerprint density at radius 2 is 2.07 bits per heavy atom. The van der Waals surface area contributed by atoms with E-state index in [1.807, 2.05) is 20.8 Å². The number of methoxy groups -OCH3 is 1. The monoisotopic (exact) mass is 235 g/mol. The van der Waals surface area contributed by atoms with Crippen LogP contribution >= 0.6 is 0 Å². The van der Waals surface area contributed by atoms with Crippen molar-refractivity contribution < 1.29 is 13.7 Å². The molecule has 0 heterocycles. The van der Waals surface area contributed by atoms with Gasteiger partial charge in [-0.05, 0) is 20.8 Å². The molecule has 4 nitrogen and oxygen atoms in total. The van der Waals surface area contributed by atoms with Crippen molar-refractivity contribution in [2.24, 2.45) is 5.41 Å². The third kappa shape index (κ3) is 5.28. The second-order valence-corrected chi connectivity index (χ2v) is 6.12. The molecule has 1 N–H and O–H groups in total. The number of ether oxygens (including phenoxy) is 1. The highest BCUT2D eigenvalue weighted by Crippen LogP contribution is 2.15. The summed E-state index contributed by atoms with van der Waals surface area (Å²) in [5.41, 5.74) is -0.538. The van der Waals surface area contributed by atoms with Crippen molar-refractivity contribution in [2.45, 2.75) is 26.0 Å². The van der Waals surface area contributed by atoms with E-state index in [-0.39, 0.29) is 11.2 Å². The molecular formula is C10H21NO3S. The Morgan fingerprint density at radius 3 is 2.47 bits per heavy atom. The van der Waals surface area contributed by atoms with Crippen LogP contribution in [-0.4, -0.2) is 41.9 Å². The summed E-state index contributed by atoms with van der Waals surface area (Å²) in [7, 11) is 0.553. The van der Waals surface area contributed by atoms with E-state index in [4.69, 9.17) is 0 Å². The second kappa shape index (κ2) is 6.23. The summed E-state index contributed by atoms with van der Waals surface area (Å²) in [5.74, 6) is -0.236. The summed E-state index contributed by atoms with van der Waals surface area (Å²) in [4.78, 5) is 11.3. The summed E-state index contributed by atoms with van der Waals surface area (Å²) in [6.07, 6.45) is 1.68. The number of nitrogens with one attached hydrogen (secondary N) is 1. The van der Waals surface area contributed by atoms with Crippen LogP contribution in [0.5, 0.6) is 0 Å². The van der Waals surface area contributed by atoms with Gasteiger partial charge in [0.05, 0.1) is 12.5 Å². The van der Waals surface area contributed by atoms with Crippen LogP contribution in [0, 0.1) is 5.41 Å². The molecule has 0 aliphatic heterocycles. The van der Waals surface area contributed by atoms with Gasteiger partial charge < -0.3 is 10.1 Å². The van der Waals surface area contributed by atoms with Gasteiger partial charge in [0.2, 0.25) is 0 Å². The Bertz CT molecular complexity index is 241. The van der Waals surface area contributed by atoms with Crippen LogP contribution in [-0.2, 0) is 20.3 Å². The van der Waals surface area contributed by atoms with Gasteiger partial charge in [-0.3, -0.25) is 9.00 Å². The van der Waals surface area contributed by atoms with E-state index >= 15 is 0 Å². The molecule has 0 bridgehead atoms. The van der Waals surface area contributed by atoms with Crippen molar-refractivity contribution >= 4 is 16.8 Å². The topological polar surface area (TPSA) is 55.4 Å². The lowest BCUT2D eigenvalue weighted by Gasteiger charge is -2.22. The summed E-state index contributed by atoms with van der Waals surface area (Å²) in [6, 6.07) is 0. The standard InChI is InChI=1S/C10H21NO3S/c1-8(15(5)13)6-11-7-10(2,3)9(12)14-4/h8,11H,6-7H2,1-5H3. The van der Waals surface area contributed by atoms with E-state index < -0.39 is 16.2 Å². The van der Waals surface area contributed by atoms with Gasteiger partial charge in [-0.2, -0.15) is 0 Å². The Kier molecular flexibility index (Phi) is 6.05. The molecule has 0 rings (SSSR count). The first kappa shape index (κ1) is 14.6. The summed E-state index contributed by atoms with van der Waals surface area (Å²) in [5, 5.41) is 3.22. The van der Waals surface area contributed by atoms with Gasteiger partial charge in [0, 0.05) is 35.4 Å². The largest absolute Gasteiger partial charge is 0.469 e. The molecule has 0 aromatic heterocycles. The van der Waals surface area contributed by atoms with Crippen LogP contribution in [0.25, 0.3) is 0 Å². The predicted molar refractivity (Wildman–Crippen MR) is 62.2 cm³/mol. The van der Waals surface area contributed by atoms with Crippen LogP contribution in [0.15, 0.2) is 0 Å². The molecule has 0 aromatic carbocycles. The molecule has 0 saturated carbocycles. The minimum absolute atomic E-state index is 0.0958. The third-order valence-corrected chi connectivity index (χ3v) is 3.60. The molecule has 2 unspecified atom stereocenters. The smallest absolute Gasteiger partial charge is 0.312 e. The van der Waals surface area contributed by atoms with Gasteiger partial charge in [0.1, 0.15) is 0 Å². The number of rotatable bonds is 6. The highest BCUT2D eigenvalue weighted by Gasteiger charge is 2.28. The third-order valence-electron chi connectivity index (χ3n) is 2.30. The van der Waals surface area contributed by atoms with Crippen LogP contribution in [0.1, 0.15) is 20.8 Å². The van der Waals surface area contributed by atoms with Crippen LogP contribution in [0.3, 0.4) is 0 Å². The zero-order valence-corrected chi connectivity index (χ0v) is 10.9. The van der Waals surface area contributed by atoms with Crippen molar-refractivity contribution in [1.29, 1.82) is 0 Å². The van der Waals surface area contributed by atoms with Gasteiger partial charge in [-0.25, -0.2) is 0 Å². The fraction of sp³-hybridized carbons (Fsp3) is 0.900. The number of carbonyl (C=O) groups is 1. The number of hydrogen-bond donors (Lipinski definition) is 1. The molecule has 0 spiro atoms. The van der Waals surface area contributed by atoms with Crippen LogP contribution < -0.4 is 5.32 Å². The van der Waals surface area contributed by atoms with Crippen molar-refractivity contribution in [2.75, 3.05) is 26.5 Å². The number of carbonyl (C=O) groups excluding carboxylic acids is 1.